The molecule has 0 aliphatic heterocycles. The Morgan fingerprint density at radius 3 is 2.31 bits per heavy atom. The number of carbonyl (C=O) groups is 2. The summed E-state index contributed by atoms with van der Waals surface area (Å²) in [4.78, 5) is 22.2. The van der Waals surface area contributed by atoms with Crippen molar-refractivity contribution in [3.05, 3.63) is 0 Å². The SMILES string of the molecule is CC(CNC(=O)[C@@H]1C[C@@H]1C(=O)O)C(C)(C)C. The van der Waals surface area contributed by atoms with Gasteiger partial charge in [0.05, 0.1) is 11.8 Å². The van der Waals surface area contributed by atoms with Gasteiger partial charge in [-0.2, -0.15) is 0 Å². The van der Waals surface area contributed by atoms with E-state index < -0.39 is 11.9 Å². The summed E-state index contributed by atoms with van der Waals surface area (Å²) in [6, 6.07) is 0. The molecule has 2 N–H and O–H groups in total. The van der Waals surface area contributed by atoms with Crippen molar-refractivity contribution < 1.29 is 14.7 Å². The molecule has 0 radical (unpaired) electrons. The molecule has 0 saturated heterocycles. The van der Waals surface area contributed by atoms with Crippen LogP contribution in [0.4, 0.5) is 0 Å². The highest BCUT2D eigenvalue weighted by Crippen LogP contribution is 2.38. The van der Waals surface area contributed by atoms with Crippen LogP contribution in [0.5, 0.6) is 0 Å². The number of rotatable bonds is 4. The fraction of sp³-hybridized carbons (Fsp3) is 0.833. The van der Waals surface area contributed by atoms with Crippen LogP contribution in [0, 0.1) is 23.2 Å². The average Bonchev–Trinajstić information content (AvgIpc) is 2.91. The number of carbonyl (C=O) groups excluding carboxylic acids is 1. The Labute approximate surface area is 96.4 Å². The monoisotopic (exact) mass is 227 g/mol. The molecule has 3 atom stereocenters. The molecule has 1 amide bonds. The molecular formula is C12H21NO3. The van der Waals surface area contributed by atoms with Gasteiger partial charge in [0.15, 0.2) is 0 Å². The summed E-state index contributed by atoms with van der Waals surface area (Å²) in [5.41, 5.74) is 0.156. The molecule has 1 fully saturated rings. The van der Waals surface area contributed by atoms with E-state index in [4.69, 9.17) is 5.11 Å². The number of amides is 1. The molecule has 0 spiro atoms. The van der Waals surface area contributed by atoms with Crippen LogP contribution in [0.15, 0.2) is 0 Å². The number of carboxylic acid groups (broad SMARTS) is 1. The van der Waals surface area contributed by atoms with E-state index in [1.54, 1.807) is 0 Å². The van der Waals surface area contributed by atoms with Crippen LogP contribution in [-0.2, 0) is 9.59 Å². The van der Waals surface area contributed by atoms with E-state index in [1.165, 1.54) is 0 Å². The van der Waals surface area contributed by atoms with Gasteiger partial charge in [0.2, 0.25) is 5.91 Å². The van der Waals surface area contributed by atoms with E-state index in [9.17, 15) is 9.59 Å². The van der Waals surface area contributed by atoms with Crippen LogP contribution in [0.3, 0.4) is 0 Å². The van der Waals surface area contributed by atoms with Gasteiger partial charge in [0, 0.05) is 6.54 Å². The maximum Gasteiger partial charge on any atom is 0.307 e. The van der Waals surface area contributed by atoms with Gasteiger partial charge >= 0.3 is 5.97 Å². The Morgan fingerprint density at radius 2 is 1.94 bits per heavy atom. The van der Waals surface area contributed by atoms with Gasteiger partial charge in [0.1, 0.15) is 0 Å². The summed E-state index contributed by atoms with van der Waals surface area (Å²) in [5.74, 6) is -1.35. The predicted octanol–water partition coefficient (Wildman–Crippen LogP) is 1.51. The van der Waals surface area contributed by atoms with Crippen molar-refractivity contribution in [3.63, 3.8) is 0 Å². The highest BCUT2D eigenvalue weighted by molar-refractivity contribution is 5.89. The first-order valence-corrected chi connectivity index (χ1v) is 5.74. The molecule has 16 heavy (non-hydrogen) atoms. The number of hydrogen-bond acceptors (Lipinski definition) is 2. The third-order valence-corrected chi connectivity index (χ3v) is 3.51. The quantitative estimate of drug-likeness (QED) is 0.765. The van der Waals surface area contributed by atoms with E-state index >= 15 is 0 Å². The maximum absolute atomic E-state index is 11.6. The second kappa shape index (κ2) is 4.44. The second-order valence-corrected chi connectivity index (χ2v) is 5.80. The third kappa shape index (κ3) is 3.22. The largest absolute Gasteiger partial charge is 0.481 e. The minimum atomic E-state index is -0.857. The van der Waals surface area contributed by atoms with Crippen molar-refractivity contribution >= 4 is 11.9 Å². The molecule has 0 aromatic carbocycles. The normalized spacial score (nSPS) is 26.0. The summed E-state index contributed by atoms with van der Waals surface area (Å²) >= 11 is 0. The Bertz CT molecular complexity index is 293. The highest BCUT2D eigenvalue weighted by Gasteiger charge is 2.48. The van der Waals surface area contributed by atoms with Crippen LogP contribution in [0.1, 0.15) is 34.1 Å². The van der Waals surface area contributed by atoms with Crippen LogP contribution in [0.2, 0.25) is 0 Å². The molecule has 4 heteroatoms. The Hall–Kier alpha value is -1.06. The Morgan fingerprint density at radius 1 is 1.38 bits per heavy atom. The zero-order chi connectivity index (χ0) is 12.5. The number of carboxylic acids is 1. The van der Waals surface area contributed by atoms with Crippen molar-refractivity contribution in [1.29, 1.82) is 0 Å². The van der Waals surface area contributed by atoms with E-state index in [2.05, 4.69) is 33.0 Å². The lowest BCUT2D eigenvalue weighted by atomic mass is 9.82. The zero-order valence-electron chi connectivity index (χ0n) is 10.4. The molecule has 1 rings (SSSR count). The fourth-order valence-electron chi connectivity index (χ4n) is 1.45. The maximum atomic E-state index is 11.6. The summed E-state index contributed by atoms with van der Waals surface area (Å²) in [5, 5.41) is 11.5. The molecule has 0 bridgehead atoms. The van der Waals surface area contributed by atoms with Gasteiger partial charge in [-0.25, -0.2) is 0 Å². The van der Waals surface area contributed by atoms with Crippen LogP contribution >= 0.6 is 0 Å². The molecule has 0 aromatic heterocycles. The summed E-state index contributed by atoms with van der Waals surface area (Å²) in [6.07, 6.45) is 0.491. The van der Waals surface area contributed by atoms with Gasteiger partial charge in [0.25, 0.3) is 0 Å². The lowest BCUT2D eigenvalue weighted by Gasteiger charge is -2.27. The number of aliphatic carboxylic acids is 1. The first kappa shape index (κ1) is 13.0. The molecular weight excluding hydrogens is 206 g/mol. The lowest BCUT2D eigenvalue weighted by Crippen LogP contribution is -2.35. The average molecular weight is 227 g/mol. The smallest absolute Gasteiger partial charge is 0.307 e. The molecule has 0 aromatic rings. The Kier molecular flexibility index (Phi) is 3.61. The molecule has 1 unspecified atom stereocenters. The van der Waals surface area contributed by atoms with Gasteiger partial charge in [-0.1, -0.05) is 27.7 Å². The summed E-state index contributed by atoms with van der Waals surface area (Å²) in [6.45, 7) is 9.08. The van der Waals surface area contributed by atoms with Gasteiger partial charge in [-0.15, -0.1) is 0 Å². The number of nitrogens with one attached hydrogen (secondary N) is 1. The number of hydrogen-bond donors (Lipinski definition) is 2. The topological polar surface area (TPSA) is 66.4 Å². The third-order valence-electron chi connectivity index (χ3n) is 3.51. The second-order valence-electron chi connectivity index (χ2n) is 5.80. The standard InChI is InChI=1S/C12H21NO3/c1-7(12(2,3)4)6-13-10(14)8-5-9(8)11(15)16/h7-9H,5-6H2,1-4H3,(H,13,14)(H,15,16)/t7?,8-,9+/m1/s1. The zero-order valence-corrected chi connectivity index (χ0v) is 10.4. The van der Waals surface area contributed by atoms with Gasteiger partial charge < -0.3 is 10.4 Å². The first-order chi connectivity index (χ1) is 7.23. The lowest BCUT2D eigenvalue weighted by molar-refractivity contribution is -0.140. The van der Waals surface area contributed by atoms with Crippen molar-refractivity contribution in [3.8, 4) is 0 Å². The molecule has 1 aliphatic rings. The Balaban J connectivity index is 2.30. The summed E-state index contributed by atoms with van der Waals surface area (Å²) in [7, 11) is 0. The minimum Gasteiger partial charge on any atom is -0.481 e. The van der Waals surface area contributed by atoms with Crippen molar-refractivity contribution in [2.75, 3.05) is 6.54 Å². The molecule has 1 saturated carbocycles. The summed E-state index contributed by atoms with van der Waals surface area (Å²) < 4.78 is 0. The van der Waals surface area contributed by atoms with Crippen LogP contribution in [0.25, 0.3) is 0 Å². The van der Waals surface area contributed by atoms with E-state index in [0.29, 0.717) is 18.9 Å². The van der Waals surface area contributed by atoms with E-state index in [0.717, 1.165) is 0 Å². The van der Waals surface area contributed by atoms with Crippen molar-refractivity contribution in [1.82, 2.24) is 5.32 Å². The van der Waals surface area contributed by atoms with Gasteiger partial charge in [-0.3, -0.25) is 9.59 Å². The predicted molar refractivity (Wildman–Crippen MR) is 60.9 cm³/mol. The van der Waals surface area contributed by atoms with Crippen LogP contribution < -0.4 is 5.32 Å². The molecule has 92 valence electrons. The highest BCUT2D eigenvalue weighted by atomic mass is 16.4. The minimum absolute atomic E-state index is 0.108. The van der Waals surface area contributed by atoms with E-state index in [-0.39, 0.29) is 17.2 Å². The molecule has 1 aliphatic carbocycles. The van der Waals surface area contributed by atoms with Crippen LogP contribution in [-0.4, -0.2) is 23.5 Å². The molecule has 0 heterocycles. The van der Waals surface area contributed by atoms with Crippen molar-refractivity contribution in [2.24, 2.45) is 23.2 Å². The van der Waals surface area contributed by atoms with Gasteiger partial charge in [-0.05, 0) is 17.8 Å². The fourth-order valence-corrected chi connectivity index (χ4v) is 1.45. The van der Waals surface area contributed by atoms with Crippen molar-refractivity contribution in [2.45, 2.75) is 34.1 Å². The van der Waals surface area contributed by atoms with E-state index in [1.807, 2.05) is 0 Å². The first-order valence-electron chi connectivity index (χ1n) is 5.74. The molecule has 4 nitrogen and oxygen atoms in total.